The number of aryl methyl sites for hydroxylation is 2. The summed E-state index contributed by atoms with van der Waals surface area (Å²) in [4.78, 5) is 11.5. The summed E-state index contributed by atoms with van der Waals surface area (Å²) >= 11 is 0. The second-order valence-electron chi connectivity index (χ2n) is 9.08. The third-order valence-corrected chi connectivity index (χ3v) is 6.01. The van der Waals surface area contributed by atoms with E-state index in [0.717, 1.165) is 65.6 Å². The van der Waals surface area contributed by atoms with Crippen LogP contribution in [-0.2, 0) is 13.5 Å². The first-order chi connectivity index (χ1) is 16.0. The lowest BCUT2D eigenvalue weighted by Gasteiger charge is -2.13. The average molecular weight is 439 g/mol. The van der Waals surface area contributed by atoms with Gasteiger partial charge in [0.1, 0.15) is 5.82 Å². The summed E-state index contributed by atoms with van der Waals surface area (Å²) in [6.07, 6.45) is 12.2. The maximum atomic E-state index is 4.70. The van der Waals surface area contributed by atoms with Gasteiger partial charge in [-0.15, -0.1) is 0 Å². The molecule has 4 aromatic rings. The van der Waals surface area contributed by atoms with Crippen LogP contribution in [0.2, 0.25) is 0 Å². The van der Waals surface area contributed by atoms with Crippen molar-refractivity contribution in [2.45, 2.75) is 25.7 Å². The first-order valence-corrected chi connectivity index (χ1v) is 11.5. The molecule has 0 amide bonds. The number of pyridine rings is 2. The molecule has 1 aliphatic carbocycles. The van der Waals surface area contributed by atoms with Crippen LogP contribution in [0.3, 0.4) is 0 Å². The molecular weight excluding hydrogens is 408 g/mol. The third kappa shape index (κ3) is 5.12. The summed E-state index contributed by atoms with van der Waals surface area (Å²) in [6.45, 7) is 1.07. The van der Waals surface area contributed by atoms with Gasteiger partial charge in [0.05, 0.1) is 6.20 Å². The number of aromatic nitrogens is 4. The van der Waals surface area contributed by atoms with Gasteiger partial charge in [-0.3, -0.25) is 9.67 Å². The van der Waals surface area contributed by atoms with Crippen LogP contribution >= 0.6 is 0 Å². The lowest BCUT2D eigenvalue weighted by Crippen LogP contribution is -2.13. The van der Waals surface area contributed by atoms with E-state index in [0.29, 0.717) is 0 Å². The molecule has 1 fully saturated rings. The number of hydrogen-bond acceptors (Lipinski definition) is 5. The molecule has 6 nitrogen and oxygen atoms in total. The maximum Gasteiger partial charge on any atom is 0.130 e. The Kier molecular flexibility index (Phi) is 5.92. The van der Waals surface area contributed by atoms with Crippen LogP contribution in [0.15, 0.2) is 66.8 Å². The van der Waals surface area contributed by atoms with Crippen LogP contribution in [-0.4, -0.2) is 45.3 Å². The molecule has 1 aliphatic rings. The minimum atomic E-state index is 0.867. The topological polar surface area (TPSA) is 58.9 Å². The van der Waals surface area contributed by atoms with Gasteiger partial charge in [0.15, 0.2) is 0 Å². The second-order valence-corrected chi connectivity index (χ2v) is 9.08. The van der Waals surface area contributed by atoms with Gasteiger partial charge in [0.25, 0.3) is 0 Å². The van der Waals surface area contributed by atoms with E-state index < -0.39 is 0 Å². The van der Waals surface area contributed by atoms with Crippen molar-refractivity contribution in [1.82, 2.24) is 24.6 Å². The molecular formula is C27H30N6. The number of allylic oxidation sites excluding steroid dienone is 1. The Hall–Kier alpha value is -3.51. The molecule has 5 rings (SSSR count). The molecule has 0 radical (unpaired) electrons. The Labute approximate surface area is 195 Å². The van der Waals surface area contributed by atoms with Crippen molar-refractivity contribution in [3.63, 3.8) is 0 Å². The van der Waals surface area contributed by atoms with Gasteiger partial charge < -0.3 is 10.2 Å². The summed E-state index contributed by atoms with van der Waals surface area (Å²) in [5.41, 5.74) is 7.24. The first-order valence-electron chi connectivity index (χ1n) is 11.5. The molecule has 3 aromatic heterocycles. The summed E-state index contributed by atoms with van der Waals surface area (Å²) < 4.78 is 1.83. The minimum absolute atomic E-state index is 0.867. The van der Waals surface area contributed by atoms with Gasteiger partial charge in [-0.05, 0) is 87.1 Å². The van der Waals surface area contributed by atoms with Crippen molar-refractivity contribution in [2.75, 3.05) is 26.0 Å². The minimum Gasteiger partial charge on any atom is -0.340 e. The molecule has 1 N–H and O–H groups in total. The zero-order chi connectivity index (χ0) is 22.8. The van der Waals surface area contributed by atoms with Crippen LogP contribution in [0, 0.1) is 0 Å². The van der Waals surface area contributed by atoms with Gasteiger partial charge in [-0.25, -0.2) is 4.98 Å². The lowest BCUT2D eigenvalue weighted by atomic mass is 10.0. The van der Waals surface area contributed by atoms with E-state index in [2.05, 4.69) is 70.8 Å². The Balaban J connectivity index is 1.40. The molecule has 0 bridgehead atoms. The quantitative estimate of drug-likeness (QED) is 0.413. The molecule has 33 heavy (non-hydrogen) atoms. The number of anilines is 1. The van der Waals surface area contributed by atoms with Crippen LogP contribution < -0.4 is 5.32 Å². The van der Waals surface area contributed by atoms with E-state index in [-0.39, 0.29) is 0 Å². The third-order valence-electron chi connectivity index (χ3n) is 6.01. The smallest absolute Gasteiger partial charge is 0.130 e. The highest BCUT2D eigenvalue weighted by Crippen LogP contribution is 2.37. The van der Waals surface area contributed by atoms with E-state index in [1.165, 1.54) is 16.8 Å². The largest absolute Gasteiger partial charge is 0.340 e. The van der Waals surface area contributed by atoms with Gasteiger partial charge >= 0.3 is 0 Å². The summed E-state index contributed by atoms with van der Waals surface area (Å²) in [7, 11) is 6.16. The molecule has 0 spiro atoms. The SMILES string of the molecule is CN(C)CCCc1cc(C(Nc2cc3cc(-c4cnn(C)c4)ccc3cn2)=C2CC2)ccn1. The van der Waals surface area contributed by atoms with Gasteiger partial charge in [-0.2, -0.15) is 5.10 Å². The second kappa shape index (κ2) is 9.16. The van der Waals surface area contributed by atoms with Gasteiger partial charge in [-0.1, -0.05) is 12.1 Å². The van der Waals surface area contributed by atoms with E-state index in [1.807, 2.05) is 36.5 Å². The van der Waals surface area contributed by atoms with E-state index in [9.17, 15) is 0 Å². The predicted molar refractivity (Wildman–Crippen MR) is 135 cm³/mol. The number of nitrogens with zero attached hydrogens (tertiary/aromatic N) is 5. The van der Waals surface area contributed by atoms with Crippen molar-refractivity contribution in [2.24, 2.45) is 7.05 Å². The highest BCUT2D eigenvalue weighted by Gasteiger charge is 2.20. The molecule has 1 aromatic carbocycles. The maximum absolute atomic E-state index is 4.70. The van der Waals surface area contributed by atoms with Crippen molar-refractivity contribution in [3.05, 3.63) is 78.0 Å². The first kappa shape index (κ1) is 21.3. The van der Waals surface area contributed by atoms with Crippen LogP contribution in [0.5, 0.6) is 0 Å². The molecule has 168 valence electrons. The van der Waals surface area contributed by atoms with Crippen molar-refractivity contribution in [1.29, 1.82) is 0 Å². The number of rotatable bonds is 8. The van der Waals surface area contributed by atoms with Gasteiger partial charge in [0, 0.05) is 53.5 Å². The van der Waals surface area contributed by atoms with Crippen LogP contribution in [0.4, 0.5) is 5.82 Å². The van der Waals surface area contributed by atoms with Crippen molar-refractivity contribution < 1.29 is 0 Å². The molecule has 1 saturated carbocycles. The standard InChI is InChI=1S/C27H30N6/c1-32(2)12-4-5-25-14-21(10-11-28-25)27(19-6-7-19)31-26-15-23-13-20(8-9-22(23)16-29-26)24-17-30-33(3)18-24/h8-11,13-18H,4-7,12H2,1-3H3,(H,29,31). The average Bonchev–Trinajstić information content (AvgIpc) is 3.56. The fourth-order valence-electron chi connectivity index (χ4n) is 4.11. The van der Waals surface area contributed by atoms with Gasteiger partial charge in [0.2, 0.25) is 0 Å². The molecule has 6 heteroatoms. The summed E-state index contributed by atoms with van der Waals surface area (Å²) in [6, 6.07) is 12.9. The number of benzene rings is 1. The summed E-state index contributed by atoms with van der Waals surface area (Å²) in [5.74, 6) is 0.867. The number of hydrogen-bond donors (Lipinski definition) is 1. The zero-order valence-electron chi connectivity index (χ0n) is 19.5. The molecule has 0 saturated heterocycles. The molecule has 0 unspecified atom stereocenters. The predicted octanol–water partition coefficient (Wildman–Crippen LogP) is 5.14. The van der Waals surface area contributed by atoms with Crippen LogP contribution in [0.1, 0.15) is 30.5 Å². The normalized spacial score (nSPS) is 13.0. The number of nitrogens with one attached hydrogen (secondary N) is 1. The molecule has 3 heterocycles. The highest BCUT2D eigenvalue weighted by atomic mass is 15.2. The van der Waals surface area contributed by atoms with Crippen molar-refractivity contribution >= 4 is 22.3 Å². The van der Waals surface area contributed by atoms with E-state index >= 15 is 0 Å². The fraction of sp³-hybridized carbons (Fsp3) is 0.296. The monoisotopic (exact) mass is 438 g/mol. The Morgan fingerprint density at radius 3 is 2.64 bits per heavy atom. The fourth-order valence-corrected chi connectivity index (χ4v) is 4.11. The number of fused-ring (bicyclic) bond motifs is 1. The highest BCUT2D eigenvalue weighted by molar-refractivity contribution is 5.90. The van der Waals surface area contributed by atoms with E-state index in [1.54, 1.807) is 0 Å². The molecule has 0 aliphatic heterocycles. The Morgan fingerprint density at radius 1 is 1.00 bits per heavy atom. The van der Waals surface area contributed by atoms with Crippen LogP contribution in [0.25, 0.3) is 27.6 Å². The lowest BCUT2D eigenvalue weighted by molar-refractivity contribution is 0.399. The Bertz CT molecular complexity index is 1310. The summed E-state index contributed by atoms with van der Waals surface area (Å²) in [5, 5.41) is 10.2. The molecule has 0 atom stereocenters. The van der Waals surface area contributed by atoms with Crippen molar-refractivity contribution in [3.8, 4) is 11.1 Å². The Morgan fingerprint density at radius 2 is 1.88 bits per heavy atom. The zero-order valence-corrected chi connectivity index (χ0v) is 19.5. The van der Waals surface area contributed by atoms with E-state index in [4.69, 9.17) is 4.98 Å².